The van der Waals surface area contributed by atoms with Crippen molar-refractivity contribution in [1.82, 2.24) is 9.88 Å². The van der Waals surface area contributed by atoms with Crippen molar-refractivity contribution < 1.29 is 19.4 Å². The molecule has 2 fully saturated rings. The van der Waals surface area contributed by atoms with Crippen LogP contribution in [0.2, 0.25) is 0 Å². The lowest BCUT2D eigenvalue weighted by Gasteiger charge is -2.34. The first-order valence-electron chi connectivity index (χ1n) is 8.86. The van der Waals surface area contributed by atoms with Crippen molar-refractivity contribution in [2.45, 2.75) is 50.7 Å². The highest BCUT2D eigenvalue weighted by Gasteiger charge is 2.30. The van der Waals surface area contributed by atoms with Crippen LogP contribution in [-0.4, -0.2) is 57.1 Å². The molecule has 1 atom stereocenters. The number of rotatable bonds is 5. The van der Waals surface area contributed by atoms with Gasteiger partial charge >= 0.3 is 5.97 Å². The van der Waals surface area contributed by atoms with Gasteiger partial charge in [-0.25, -0.2) is 4.98 Å². The summed E-state index contributed by atoms with van der Waals surface area (Å²) >= 11 is 1.69. The van der Waals surface area contributed by atoms with Gasteiger partial charge in [-0.2, -0.15) is 11.8 Å². The summed E-state index contributed by atoms with van der Waals surface area (Å²) in [5.41, 5.74) is 0.517. The van der Waals surface area contributed by atoms with E-state index in [1.54, 1.807) is 35.0 Å². The average Bonchev–Trinajstić information content (AvgIpc) is 2.62. The van der Waals surface area contributed by atoms with Gasteiger partial charge < -0.3 is 14.7 Å². The molecule has 25 heavy (non-hydrogen) atoms. The number of carbonyl (C=O) groups is 2. The standard InChI is InChI=1S/C18H24N2O4S/c21-17(22)11-14-12-25-9-8-20(14)18(23)13-6-7-19-16(10-13)24-15-4-2-1-3-5-15/h6-7,10,14-15H,1-5,8-9,11-12H2,(H,21,22). The van der Waals surface area contributed by atoms with Gasteiger partial charge in [0.05, 0.1) is 12.5 Å². The molecule has 0 bridgehead atoms. The van der Waals surface area contributed by atoms with Gasteiger partial charge in [0.15, 0.2) is 0 Å². The number of thioether (sulfide) groups is 1. The van der Waals surface area contributed by atoms with Crippen molar-refractivity contribution >= 4 is 23.6 Å². The third-order valence-electron chi connectivity index (χ3n) is 4.72. The maximum absolute atomic E-state index is 12.9. The molecule has 3 rings (SSSR count). The van der Waals surface area contributed by atoms with Crippen molar-refractivity contribution in [1.29, 1.82) is 0 Å². The molecule has 0 spiro atoms. The summed E-state index contributed by atoms with van der Waals surface area (Å²) in [4.78, 5) is 29.9. The van der Waals surface area contributed by atoms with Crippen LogP contribution in [-0.2, 0) is 4.79 Å². The fraction of sp³-hybridized carbons (Fsp3) is 0.611. The van der Waals surface area contributed by atoms with Gasteiger partial charge in [0, 0.05) is 35.9 Å². The summed E-state index contributed by atoms with van der Waals surface area (Å²) in [5, 5.41) is 9.09. The van der Waals surface area contributed by atoms with Gasteiger partial charge in [-0.15, -0.1) is 0 Å². The minimum atomic E-state index is -0.874. The molecule has 1 amide bonds. The number of aromatic nitrogens is 1. The van der Waals surface area contributed by atoms with E-state index in [2.05, 4.69) is 4.98 Å². The highest BCUT2D eigenvalue weighted by molar-refractivity contribution is 7.99. The molecule has 1 aromatic rings. The Morgan fingerprint density at radius 3 is 2.88 bits per heavy atom. The lowest BCUT2D eigenvalue weighted by atomic mass is 9.98. The first-order chi connectivity index (χ1) is 12.1. The highest BCUT2D eigenvalue weighted by atomic mass is 32.2. The second-order valence-electron chi connectivity index (χ2n) is 6.59. The fourth-order valence-corrected chi connectivity index (χ4v) is 4.48. The van der Waals surface area contributed by atoms with Gasteiger partial charge in [-0.1, -0.05) is 6.42 Å². The number of aliphatic carboxylic acids is 1. The average molecular weight is 364 g/mol. The quantitative estimate of drug-likeness (QED) is 0.865. The summed E-state index contributed by atoms with van der Waals surface area (Å²) < 4.78 is 5.94. The van der Waals surface area contributed by atoms with Gasteiger partial charge in [-0.3, -0.25) is 9.59 Å². The topological polar surface area (TPSA) is 79.7 Å². The number of carboxylic acid groups (broad SMARTS) is 1. The normalized spacial score (nSPS) is 21.8. The highest BCUT2D eigenvalue weighted by Crippen LogP contribution is 2.25. The largest absolute Gasteiger partial charge is 0.481 e. The molecular weight excluding hydrogens is 340 g/mol. The lowest BCUT2D eigenvalue weighted by molar-refractivity contribution is -0.138. The Morgan fingerprint density at radius 2 is 2.12 bits per heavy atom. The number of ether oxygens (including phenoxy) is 1. The maximum Gasteiger partial charge on any atom is 0.305 e. The molecule has 6 nitrogen and oxygen atoms in total. The Balaban J connectivity index is 1.70. The number of carboxylic acids is 1. The van der Waals surface area contributed by atoms with E-state index in [9.17, 15) is 9.59 Å². The molecule has 1 N–H and O–H groups in total. The van der Waals surface area contributed by atoms with E-state index < -0.39 is 5.97 Å². The molecule has 1 saturated carbocycles. The molecule has 1 aliphatic heterocycles. The SMILES string of the molecule is O=C(O)CC1CSCCN1C(=O)c1ccnc(OC2CCCCC2)c1. The van der Waals surface area contributed by atoms with Crippen LogP contribution in [0.15, 0.2) is 18.3 Å². The van der Waals surface area contributed by atoms with Gasteiger partial charge in [0.25, 0.3) is 5.91 Å². The molecule has 136 valence electrons. The smallest absolute Gasteiger partial charge is 0.305 e. The molecule has 1 unspecified atom stereocenters. The minimum Gasteiger partial charge on any atom is -0.481 e. The van der Waals surface area contributed by atoms with Crippen molar-refractivity contribution in [3.05, 3.63) is 23.9 Å². The van der Waals surface area contributed by atoms with Crippen LogP contribution >= 0.6 is 11.8 Å². The first kappa shape index (κ1) is 18.0. The zero-order chi connectivity index (χ0) is 17.6. The summed E-state index contributed by atoms with van der Waals surface area (Å²) in [6.07, 6.45) is 7.41. The first-order valence-corrected chi connectivity index (χ1v) is 10.0. The number of nitrogens with zero attached hydrogens (tertiary/aromatic N) is 2. The van der Waals surface area contributed by atoms with Crippen LogP contribution < -0.4 is 4.74 Å². The van der Waals surface area contributed by atoms with E-state index in [-0.39, 0.29) is 24.5 Å². The Kier molecular flexibility index (Phi) is 6.18. The molecule has 0 radical (unpaired) electrons. The zero-order valence-electron chi connectivity index (χ0n) is 14.2. The van der Waals surface area contributed by atoms with E-state index in [0.29, 0.717) is 23.7 Å². The predicted octanol–water partition coefficient (Wildman–Crippen LogP) is 2.83. The van der Waals surface area contributed by atoms with Crippen LogP contribution in [0.3, 0.4) is 0 Å². The lowest BCUT2D eigenvalue weighted by Crippen LogP contribution is -2.47. The molecule has 0 aromatic carbocycles. The third kappa shape index (κ3) is 4.87. The molecule has 7 heteroatoms. The van der Waals surface area contributed by atoms with Crippen LogP contribution in [0.4, 0.5) is 0 Å². The molecule has 2 aliphatic rings. The molecule has 1 aromatic heterocycles. The number of hydrogen-bond acceptors (Lipinski definition) is 5. The molecular formula is C18H24N2O4S. The van der Waals surface area contributed by atoms with E-state index >= 15 is 0 Å². The number of amides is 1. The summed E-state index contributed by atoms with van der Waals surface area (Å²) in [5.74, 6) is 0.968. The number of carbonyl (C=O) groups excluding carboxylic acids is 1. The van der Waals surface area contributed by atoms with Crippen molar-refractivity contribution in [2.24, 2.45) is 0 Å². The van der Waals surface area contributed by atoms with Crippen LogP contribution in [0.1, 0.15) is 48.9 Å². The van der Waals surface area contributed by atoms with Crippen molar-refractivity contribution in [2.75, 3.05) is 18.1 Å². The fourth-order valence-electron chi connectivity index (χ4n) is 3.42. The zero-order valence-corrected chi connectivity index (χ0v) is 15.0. The third-order valence-corrected chi connectivity index (χ3v) is 5.81. The van der Waals surface area contributed by atoms with E-state index in [1.165, 1.54) is 19.3 Å². The second kappa shape index (κ2) is 8.56. The van der Waals surface area contributed by atoms with Gasteiger partial charge in [0.2, 0.25) is 5.88 Å². The Hall–Kier alpha value is -1.76. The summed E-state index contributed by atoms with van der Waals surface area (Å²) in [6, 6.07) is 3.10. The molecule has 1 aliphatic carbocycles. The number of hydrogen-bond donors (Lipinski definition) is 1. The van der Waals surface area contributed by atoms with Crippen molar-refractivity contribution in [3.63, 3.8) is 0 Å². The summed E-state index contributed by atoms with van der Waals surface area (Å²) in [6.45, 7) is 0.572. The van der Waals surface area contributed by atoms with Crippen LogP contribution in [0, 0.1) is 0 Å². The van der Waals surface area contributed by atoms with Crippen LogP contribution in [0.5, 0.6) is 5.88 Å². The maximum atomic E-state index is 12.9. The van der Waals surface area contributed by atoms with E-state index in [4.69, 9.17) is 9.84 Å². The number of pyridine rings is 1. The van der Waals surface area contributed by atoms with Gasteiger partial charge in [-0.05, 0) is 31.7 Å². The predicted molar refractivity (Wildman–Crippen MR) is 96.1 cm³/mol. The van der Waals surface area contributed by atoms with Gasteiger partial charge in [0.1, 0.15) is 6.10 Å². The monoisotopic (exact) mass is 364 g/mol. The van der Waals surface area contributed by atoms with Crippen molar-refractivity contribution in [3.8, 4) is 5.88 Å². The van der Waals surface area contributed by atoms with E-state index in [0.717, 1.165) is 18.6 Å². The Morgan fingerprint density at radius 1 is 1.32 bits per heavy atom. The second-order valence-corrected chi connectivity index (χ2v) is 7.74. The van der Waals surface area contributed by atoms with E-state index in [1.807, 2.05) is 0 Å². The van der Waals surface area contributed by atoms with Crippen LogP contribution in [0.25, 0.3) is 0 Å². The Bertz CT molecular complexity index is 619. The Labute approximate surface area is 151 Å². The minimum absolute atomic E-state index is 0.0186. The molecule has 2 heterocycles. The summed E-state index contributed by atoms with van der Waals surface area (Å²) in [7, 11) is 0. The molecule has 1 saturated heterocycles.